The normalized spacial score (nSPS) is 29.7. The van der Waals surface area contributed by atoms with E-state index in [0.717, 1.165) is 0 Å². The Bertz CT molecular complexity index is 1510. The number of carbonyl (C=O) groups is 3. The van der Waals surface area contributed by atoms with Gasteiger partial charge in [0, 0.05) is 41.7 Å². The molecule has 2 aromatic carbocycles. The number of ether oxygens (including phenoxy) is 1. The number of nitrogens with one attached hydrogen (secondary N) is 3. The van der Waals surface area contributed by atoms with Crippen LogP contribution in [-0.4, -0.2) is 80.4 Å². The molecule has 0 unspecified atom stereocenters. The molecule has 44 heavy (non-hydrogen) atoms. The van der Waals surface area contributed by atoms with Gasteiger partial charge < -0.3 is 20.3 Å². The lowest BCUT2D eigenvalue weighted by atomic mass is 9.46. The predicted molar refractivity (Wildman–Crippen MR) is 159 cm³/mol. The fourth-order valence-corrected chi connectivity index (χ4v) is 8.41. The van der Waals surface area contributed by atoms with Gasteiger partial charge in [-0.25, -0.2) is 4.39 Å². The maximum absolute atomic E-state index is 15.0. The first-order chi connectivity index (χ1) is 20.9. The molecular weight excluding hydrogens is 620 g/mol. The Hall–Kier alpha value is -2.86. The minimum absolute atomic E-state index is 0.0824. The lowest BCUT2D eigenvalue weighted by Crippen LogP contribution is -2.70. The highest BCUT2D eigenvalue weighted by Crippen LogP contribution is 2.68. The Kier molecular flexibility index (Phi) is 7.92. The van der Waals surface area contributed by atoms with E-state index in [1.54, 1.807) is 38.4 Å². The third-order valence-electron chi connectivity index (χ3n) is 9.86. The Morgan fingerprint density at radius 1 is 1.11 bits per heavy atom. The number of fused-ring (bicyclic) bond motifs is 3. The molecule has 3 heterocycles. The zero-order chi connectivity index (χ0) is 31.6. The summed E-state index contributed by atoms with van der Waals surface area (Å²) in [6.07, 6.45) is 0.0498. The number of halogens is 5. The highest BCUT2D eigenvalue weighted by atomic mass is 35.5. The molecule has 0 aromatic heterocycles. The van der Waals surface area contributed by atoms with E-state index in [2.05, 4.69) is 16.0 Å². The van der Waals surface area contributed by atoms with Crippen LogP contribution in [0.2, 0.25) is 10.0 Å². The zero-order valence-corrected chi connectivity index (χ0v) is 25.7. The molecule has 3 fully saturated rings. The van der Waals surface area contributed by atoms with E-state index < -0.39 is 71.5 Å². The number of hydrogen-bond acceptors (Lipinski definition) is 5. The van der Waals surface area contributed by atoms with Gasteiger partial charge >= 0.3 is 0 Å². The Morgan fingerprint density at radius 3 is 2.48 bits per heavy atom. The third-order valence-corrected chi connectivity index (χ3v) is 10.5. The molecule has 3 aliphatic heterocycles. The van der Waals surface area contributed by atoms with E-state index in [1.165, 1.54) is 17.0 Å². The molecule has 8 nitrogen and oxygen atoms in total. The molecule has 3 N–H and O–H groups in total. The summed E-state index contributed by atoms with van der Waals surface area (Å²) in [5.74, 6) is -2.98. The molecule has 5 atom stereocenters. The molecule has 0 bridgehead atoms. The summed E-state index contributed by atoms with van der Waals surface area (Å²) in [6, 6.07) is 7.45. The van der Waals surface area contributed by atoms with Crippen LogP contribution in [-0.2, 0) is 24.5 Å². The van der Waals surface area contributed by atoms with Gasteiger partial charge in [0.2, 0.25) is 11.8 Å². The van der Waals surface area contributed by atoms with Gasteiger partial charge in [-0.2, -0.15) is 0 Å². The van der Waals surface area contributed by atoms with Crippen molar-refractivity contribution in [2.45, 2.75) is 60.7 Å². The number of carbonyl (C=O) groups excluding carboxylic acids is 3. The second kappa shape index (κ2) is 11.2. The number of likely N-dealkylation sites (N-methyl/N-ethyl adjacent to an activating group) is 1. The van der Waals surface area contributed by atoms with Gasteiger partial charge in [-0.1, -0.05) is 41.4 Å². The molecule has 6 rings (SSSR count). The smallest absolute Gasteiger partial charge is 0.251 e. The van der Waals surface area contributed by atoms with Crippen molar-refractivity contribution >= 4 is 46.6 Å². The Balaban J connectivity index is 1.44. The van der Waals surface area contributed by atoms with E-state index >= 15 is 4.39 Å². The Labute approximate surface area is 263 Å². The van der Waals surface area contributed by atoms with E-state index in [1.807, 2.05) is 0 Å². The van der Waals surface area contributed by atoms with Crippen LogP contribution in [0.1, 0.15) is 42.7 Å². The van der Waals surface area contributed by atoms with Crippen molar-refractivity contribution < 1.29 is 32.3 Å². The molecule has 2 saturated heterocycles. The monoisotopic (exact) mass is 652 g/mol. The lowest BCUT2D eigenvalue weighted by Gasteiger charge is -2.59. The maximum atomic E-state index is 15.0. The number of nitrogens with zero attached hydrogens (tertiary/aromatic N) is 1. The largest absolute Gasteiger partial charge is 0.366 e. The van der Waals surface area contributed by atoms with E-state index in [9.17, 15) is 23.2 Å². The number of amides is 3. The second-order valence-electron chi connectivity index (χ2n) is 12.7. The SMILES string of the molecule is CN(C)C(=O)[C@@H]1CC[C@@H](NC(=O)[C@@H]2NC3(CC(CF)(CF)C3)[C@@]3(C(=O)Nc4cc(Cl)ccc43)[C@H]2c2cccc(F)c2Cl)CO1. The maximum Gasteiger partial charge on any atom is 0.251 e. The summed E-state index contributed by atoms with van der Waals surface area (Å²) in [6.45, 7) is -1.82. The summed E-state index contributed by atoms with van der Waals surface area (Å²) in [4.78, 5) is 42.4. The van der Waals surface area contributed by atoms with E-state index in [4.69, 9.17) is 27.9 Å². The van der Waals surface area contributed by atoms with Crippen molar-refractivity contribution in [3.63, 3.8) is 0 Å². The minimum Gasteiger partial charge on any atom is -0.366 e. The van der Waals surface area contributed by atoms with Gasteiger partial charge in [-0.3, -0.25) is 28.5 Å². The van der Waals surface area contributed by atoms with Crippen LogP contribution in [0.5, 0.6) is 0 Å². The third kappa shape index (κ3) is 4.53. The molecule has 1 aliphatic carbocycles. The molecule has 2 aromatic rings. The van der Waals surface area contributed by atoms with E-state index in [-0.39, 0.29) is 35.9 Å². The molecule has 3 amide bonds. The molecule has 1 saturated carbocycles. The van der Waals surface area contributed by atoms with Gasteiger partial charge in [0.25, 0.3) is 5.91 Å². The van der Waals surface area contributed by atoms with Gasteiger partial charge in [0.15, 0.2) is 0 Å². The summed E-state index contributed by atoms with van der Waals surface area (Å²) in [7, 11) is 3.28. The average molecular weight is 654 g/mol. The average Bonchev–Trinajstić information content (AvgIpc) is 3.45. The molecule has 4 aliphatic rings. The summed E-state index contributed by atoms with van der Waals surface area (Å²) < 4.78 is 49.4. The fourth-order valence-electron chi connectivity index (χ4n) is 8.00. The summed E-state index contributed by atoms with van der Waals surface area (Å²) >= 11 is 12.8. The van der Waals surface area contributed by atoms with Crippen LogP contribution in [0.3, 0.4) is 0 Å². The van der Waals surface area contributed by atoms with Crippen LogP contribution >= 0.6 is 23.2 Å². The zero-order valence-electron chi connectivity index (χ0n) is 24.2. The molecule has 2 spiro atoms. The molecule has 13 heteroatoms. The van der Waals surface area contributed by atoms with Crippen LogP contribution in [0.25, 0.3) is 0 Å². The molecule has 236 valence electrons. The second-order valence-corrected chi connectivity index (χ2v) is 13.5. The van der Waals surface area contributed by atoms with Crippen molar-refractivity contribution in [3.05, 3.63) is 63.4 Å². The molecular formula is C31H33Cl2F3N4O4. The summed E-state index contributed by atoms with van der Waals surface area (Å²) in [5, 5.41) is 9.32. The quantitative estimate of drug-likeness (QED) is 0.433. The van der Waals surface area contributed by atoms with Crippen LogP contribution < -0.4 is 16.0 Å². The number of rotatable bonds is 6. The van der Waals surface area contributed by atoms with Crippen molar-refractivity contribution in [1.29, 1.82) is 0 Å². The summed E-state index contributed by atoms with van der Waals surface area (Å²) in [5.41, 5.74) is -3.11. The first-order valence-electron chi connectivity index (χ1n) is 14.5. The topological polar surface area (TPSA) is 99.8 Å². The number of hydrogen-bond donors (Lipinski definition) is 3. The van der Waals surface area contributed by atoms with Crippen LogP contribution in [0, 0.1) is 11.2 Å². The molecule has 0 radical (unpaired) electrons. The van der Waals surface area contributed by atoms with Crippen molar-refractivity contribution in [1.82, 2.24) is 15.5 Å². The van der Waals surface area contributed by atoms with Crippen LogP contribution in [0.4, 0.5) is 18.9 Å². The highest BCUT2D eigenvalue weighted by molar-refractivity contribution is 6.32. The van der Waals surface area contributed by atoms with Gasteiger partial charge in [-0.05, 0) is 55.0 Å². The van der Waals surface area contributed by atoms with Gasteiger partial charge in [-0.15, -0.1) is 0 Å². The fraction of sp³-hybridized carbons (Fsp3) is 0.516. The highest BCUT2D eigenvalue weighted by Gasteiger charge is 2.78. The Morgan fingerprint density at radius 2 is 1.84 bits per heavy atom. The number of benzene rings is 2. The van der Waals surface area contributed by atoms with Crippen molar-refractivity contribution in [2.24, 2.45) is 5.41 Å². The number of alkyl halides is 2. The minimum atomic E-state index is -1.59. The van der Waals surface area contributed by atoms with Gasteiger partial charge in [0.05, 0.1) is 37.1 Å². The predicted octanol–water partition coefficient (Wildman–Crippen LogP) is 4.29. The first-order valence-corrected chi connectivity index (χ1v) is 15.3. The van der Waals surface area contributed by atoms with Crippen molar-refractivity contribution in [3.8, 4) is 0 Å². The van der Waals surface area contributed by atoms with Crippen LogP contribution in [0.15, 0.2) is 36.4 Å². The number of anilines is 1. The van der Waals surface area contributed by atoms with Crippen molar-refractivity contribution in [2.75, 3.05) is 39.4 Å². The first kappa shape index (κ1) is 31.1. The lowest BCUT2D eigenvalue weighted by molar-refractivity contribution is -0.145. The van der Waals surface area contributed by atoms with Gasteiger partial charge in [0.1, 0.15) is 17.3 Å². The van der Waals surface area contributed by atoms with E-state index in [0.29, 0.717) is 29.1 Å². The standard InChI is InChI=1S/C31H33Cl2F3N4O4/c1-40(2)27(42)22-9-7-17(11-44-22)37-26(41)25-23(18-4-3-5-20(36)24(18)33)31(30(39-25)12-29(13-30,14-34)15-35)19-8-6-16(32)10-21(19)38-28(31)43/h3-6,8,10,17,22-23,25,39H,7,9,11-15H2,1-2H3,(H,37,41)(H,38,43)/t17-,22+,23+,25-,31-/m1/s1.